The molecular formula is C29H34ClN5O3S. The second-order valence-electron chi connectivity index (χ2n) is 9.62. The van der Waals surface area contributed by atoms with E-state index in [0.29, 0.717) is 18.0 Å². The van der Waals surface area contributed by atoms with Crippen LogP contribution in [0.5, 0.6) is 5.75 Å². The molecule has 0 unspecified atom stereocenters. The molecule has 4 aromatic rings. The van der Waals surface area contributed by atoms with E-state index < -0.39 is 10.0 Å². The van der Waals surface area contributed by atoms with Gasteiger partial charge in [0.25, 0.3) is 0 Å². The van der Waals surface area contributed by atoms with Crippen LogP contribution in [-0.2, 0) is 16.4 Å². The SMILES string of the molecule is CCc1cccc(-c2nc3c(N4CCN(CCOc5ccc(NS(=O)(=O)CCCl)cc5)CC4)cccc3[nH]2)c1. The number of aromatic amines is 1. The number of sulfonamides is 1. The molecule has 1 aromatic heterocycles. The largest absolute Gasteiger partial charge is 0.492 e. The van der Waals surface area contributed by atoms with E-state index in [0.717, 1.165) is 61.6 Å². The summed E-state index contributed by atoms with van der Waals surface area (Å²) in [6.07, 6.45) is 1.00. The fraction of sp³-hybridized carbons (Fsp3) is 0.345. The van der Waals surface area contributed by atoms with Crippen LogP contribution in [0, 0.1) is 0 Å². The van der Waals surface area contributed by atoms with Gasteiger partial charge in [-0.2, -0.15) is 0 Å². The Morgan fingerprint density at radius 1 is 1.03 bits per heavy atom. The summed E-state index contributed by atoms with van der Waals surface area (Å²) in [6.45, 7) is 7.27. The molecule has 0 atom stereocenters. The molecule has 5 rings (SSSR count). The Morgan fingerprint density at radius 2 is 1.79 bits per heavy atom. The topological polar surface area (TPSA) is 90.6 Å². The number of hydrogen-bond donors (Lipinski definition) is 2. The Bertz CT molecular complexity index is 1500. The minimum absolute atomic E-state index is 0.0541. The molecule has 2 heterocycles. The molecule has 3 aromatic carbocycles. The summed E-state index contributed by atoms with van der Waals surface area (Å²) in [7, 11) is -3.42. The molecule has 0 saturated carbocycles. The Hall–Kier alpha value is -3.27. The van der Waals surface area contributed by atoms with Crippen molar-refractivity contribution in [3.8, 4) is 17.1 Å². The number of anilines is 2. The predicted molar refractivity (Wildman–Crippen MR) is 160 cm³/mol. The fourth-order valence-corrected chi connectivity index (χ4v) is 6.21. The third-order valence-electron chi connectivity index (χ3n) is 6.96. The zero-order valence-electron chi connectivity index (χ0n) is 22.1. The number of para-hydroxylation sites is 1. The highest BCUT2D eigenvalue weighted by atomic mass is 35.5. The number of alkyl halides is 1. The minimum Gasteiger partial charge on any atom is -0.492 e. The molecule has 2 N–H and O–H groups in total. The summed E-state index contributed by atoms with van der Waals surface area (Å²) >= 11 is 5.54. The van der Waals surface area contributed by atoms with Crippen LogP contribution in [-0.4, -0.2) is 74.2 Å². The second-order valence-corrected chi connectivity index (χ2v) is 11.8. The molecule has 0 bridgehead atoms. The standard InChI is InChI=1S/C29H34ClN5O3S/c1-2-22-5-3-6-23(21-22)29-31-26-7-4-8-27(28(26)32-29)35-16-14-34(15-17-35)18-19-38-25-11-9-24(10-12-25)33-39(36,37)20-13-30/h3-12,21,33H,2,13-20H2,1H3,(H,31,32). The van der Waals surface area contributed by atoms with E-state index in [2.05, 4.69) is 68.9 Å². The maximum absolute atomic E-state index is 11.9. The molecule has 8 nitrogen and oxygen atoms in total. The predicted octanol–water partition coefficient (Wildman–Crippen LogP) is 4.97. The molecule has 1 aliphatic heterocycles. The van der Waals surface area contributed by atoms with Crippen LogP contribution in [0.3, 0.4) is 0 Å². The number of halogens is 1. The minimum atomic E-state index is -3.42. The zero-order chi connectivity index (χ0) is 27.2. The van der Waals surface area contributed by atoms with E-state index in [4.69, 9.17) is 21.3 Å². The first-order valence-electron chi connectivity index (χ1n) is 13.3. The van der Waals surface area contributed by atoms with Crippen molar-refractivity contribution in [2.24, 2.45) is 0 Å². The van der Waals surface area contributed by atoms with Gasteiger partial charge in [-0.25, -0.2) is 13.4 Å². The van der Waals surface area contributed by atoms with Crippen molar-refractivity contribution in [1.82, 2.24) is 14.9 Å². The van der Waals surface area contributed by atoms with Gasteiger partial charge in [0.1, 0.15) is 23.7 Å². The number of benzene rings is 3. The summed E-state index contributed by atoms with van der Waals surface area (Å²) in [4.78, 5) is 13.3. The lowest BCUT2D eigenvalue weighted by Crippen LogP contribution is -2.47. The van der Waals surface area contributed by atoms with Crippen molar-refractivity contribution in [2.75, 3.05) is 60.6 Å². The molecule has 0 aliphatic carbocycles. The second kappa shape index (κ2) is 12.3. The molecule has 1 fully saturated rings. The van der Waals surface area contributed by atoms with Gasteiger partial charge in [-0.3, -0.25) is 9.62 Å². The van der Waals surface area contributed by atoms with Crippen LogP contribution < -0.4 is 14.4 Å². The van der Waals surface area contributed by atoms with Gasteiger partial charge in [-0.05, 0) is 54.4 Å². The molecule has 1 aliphatic rings. The lowest BCUT2D eigenvalue weighted by atomic mass is 10.1. The van der Waals surface area contributed by atoms with E-state index in [-0.39, 0.29) is 11.6 Å². The molecule has 0 amide bonds. The number of ether oxygens (including phenoxy) is 1. The Kier molecular flexibility index (Phi) is 8.60. The van der Waals surface area contributed by atoms with Crippen LogP contribution in [0.1, 0.15) is 12.5 Å². The van der Waals surface area contributed by atoms with Crippen molar-refractivity contribution < 1.29 is 13.2 Å². The zero-order valence-corrected chi connectivity index (χ0v) is 23.6. The average molecular weight is 568 g/mol. The molecule has 0 spiro atoms. The fourth-order valence-electron chi connectivity index (χ4n) is 4.80. The van der Waals surface area contributed by atoms with Crippen LogP contribution in [0.2, 0.25) is 0 Å². The summed E-state index contributed by atoms with van der Waals surface area (Å²) in [5.74, 6) is 1.55. The first kappa shape index (κ1) is 27.3. The number of nitrogens with zero attached hydrogens (tertiary/aromatic N) is 3. The Morgan fingerprint density at radius 3 is 2.54 bits per heavy atom. The van der Waals surface area contributed by atoms with Gasteiger partial charge < -0.3 is 14.6 Å². The van der Waals surface area contributed by atoms with Gasteiger partial charge in [0.15, 0.2) is 0 Å². The first-order valence-corrected chi connectivity index (χ1v) is 15.5. The van der Waals surface area contributed by atoms with Crippen molar-refractivity contribution in [1.29, 1.82) is 0 Å². The summed E-state index contributed by atoms with van der Waals surface area (Å²) in [5, 5.41) is 0. The first-order chi connectivity index (χ1) is 18.9. The van der Waals surface area contributed by atoms with Gasteiger partial charge in [-0.15, -0.1) is 11.6 Å². The summed E-state index contributed by atoms with van der Waals surface area (Å²) in [6, 6.07) is 21.8. The van der Waals surface area contributed by atoms with Crippen LogP contribution >= 0.6 is 11.6 Å². The molecule has 206 valence electrons. The van der Waals surface area contributed by atoms with Crippen LogP contribution in [0.15, 0.2) is 66.7 Å². The lowest BCUT2D eigenvalue weighted by Gasteiger charge is -2.36. The van der Waals surface area contributed by atoms with Crippen LogP contribution in [0.4, 0.5) is 11.4 Å². The maximum atomic E-state index is 11.9. The number of aryl methyl sites for hydroxylation is 1. The number of imidazole rings is 1. The third-order valence-corrected chi connectivity index (χ3v) is 8.66. The number of hydrogen-bond acceptors (Lipinski definition) is 6. The van der Waals surface area contributed by atoms with E-state index in [9.17, 15) is 8.42 Å². The van der Waals surface area contributed by atoms with Gasteiger partial charge in [-0.1, -0.05) is 31.2 Å². The van der Waals surface area contributed by atoms with E-state index in [1.807, 2.05) is 0 Å². The van der Waals surface area contributed by atoms with E-state index in [1.54, 1.807) is 24.3 Å². The normalized spacial score (nSPS) is 14.6. The highest BCUT2D eigenvalue weighted by Crippen LogP contribution is 2.29. The van der Waals surface area contributed by atoms with E-state index in [1.165, 1.54) is 11.3 Å². The molecular weight excluding hydrogens is 534 g/mol. The van der Waals surface area contributed by atoms with Gasteiger partial charge >= 0.3 is 0 Å². The molecule has 1 saturated heterocycles. The Balaban J connectivity index is 1.14. The lowest BCUT2D eigenvalue weighted by molar-refractivity contribution is 0.200. The summed E-state index contributed by atoms with van der Waals surface area (Å²) < 4.78 is 32.1. The number of nitrogens with one attached hydrogen (secondary N) is 2. The average Bonchev–Trinajstić information content (AvgIpc) is 3.39. The molecule has 39 heavy (non-hydrogen) atoms. The van der Waals surface area contributed by atoms with Crippen molar-refractivity contribution in [3.63, 3.8) is 0 Å². The number of H-pyrrole nitrogens is 1. The third kappa shape index (κ3) is 6.84. The number of rotatable bonds is 11. The summed E-state index contributed by atoms with van der Waals surface area (Å²) in [5.41, 5.74) is 6.15. The highest BCUT2D eigenvalue weighted by molar-refractivity contribution is 7.92. The van der Waals surface area contributed by atoms with Gasteiger partial charge in [0.05, 0.1) is 17.0 Å². The van der Waals surface area contributed by atoms with Crippen LogP contribution in [0.25, 0.3) is 22.4 Å². The Labute approximate surface area is 235 Å². The number of piperazine rings is 1. The number of fused-ring (bicyclic) bond motifs is 1. The van der Waals surface area contributed by atoms with Gasteiger partial charge in [0.2, 0.25) is 10.0 Å². The monoisotopic (exact) mass is 567 g/mol. The number of aromatic nitrogens is 2. The highest BCUT2D eigenvalue weighted by Gasteiger charge is 2.20. The smallest absolute Gasteiger partial charge is 0.233 e. The maximum Gasteiger partial charge on any atom is 0.233 e. The van der Waals surface area contributed by atoms with Crippen molar-refractivity contribution >= 4 is 44.0 Å². The molecule has 10 heteroatoms. The van der Waals surface area contributed by atoms with Crippen molar-refractivity contribution in [3.05, 3.63) is 72.3 Å². The van der Waals surface area contributed by atoms with Gasteiger partial charge in [0, 0.05) is 49.9 Å². The van der Waals surface area contributed by atoms with Crippen molar-refractivity contribution in [2.45, 2.75) is 13.3 Å². The molecule has 0 radical (unpaired) electrons. The van der Waals surface area contributed by atoms with E-state index >= 15 is 0 Å². The quantitative estimate of drug-likeness (QED) is 0.249.